The summed E-state index contributed by atoms with van der Waals surface area (Å²) in [6.45, 7) is 4.07. The van der Waals surface area contributed by atoms with Crippen molar-refractivity contribution in [2.45, 2.75) is 58.5 Å². The lowest BCUT2D eigenvalue weighted by Gasteiger charge is -2.28. The summed E-state index contributed by atoms with van der Waals surface area (Å²) in [5.41, 5.74) is 9.54. The minimum absolute atomic E-state index is 0.0695. The first-order chi connectivity index (χ1) is 12.0. The maximum Gasteiger partial charge on any atom is 0.266 e. The molecule has 134 valence electrons. The van der Waals surface area contributed by atoms with Gasteiger partial charge in [0.25, 0.3) is 5.91 Å². The van der Waals surface area contributed by atoms with Crippen molar-refractivity contribution in [3.8, 4) is 0 Å². The van der Waals surface area contributed by atoms with Crippen LogP contribution in [-0.4, -0.2) is 30.1 Å². The van der Waals surface area contributed by atoms with Crippen molar-refractivity contribution in [1.82, 2.24) is 0 Å². The van der Waals surface area contributed by atoms with Crippen molar-refractivity contribution in [3.63, 3.8) is 0 Å². The minimum atomic E-state index is -0.944. The SMILES string of the molecule is CCC1=N[C@@H](N)C(=O)N(CC(=O)C2CCCCC2)c2c(C)cccc21. The molecule has 1 aromatic carbocycles. The zero-order valence-electron chi connectivity index (χ0n) is 15.1. The van der Waals surface area contributed by atoms with Crippen molar-refractivity contribution >= 4 is 23.1 Å². The lowest BCUT2D eigenvalue weighted by atomic mass is 9.86. The third-order valence-corrected chi connectivity index (χ3v) is 5.34. The van der Waals surface area contributed by atoms with Gasteiger partial charge in [0.05, 0.1) is 12.2 Å². The van der Waals surface area contributed by atoms with Gasteiger partial charge in [0, 0.05) is 17.2 Å². The lowest BCUT2D eigenvalue weighted by molar-refractivity contribution is -0.125. The molecule has 1 heterocycles. The van der Waals surface area contributed by atoms with E-state index in [1.165, 1.54) is 6.42 Å². The van der Waals surface area contributed by atoms with E-state index in [-0.39, 0.29) is 24.2 Å². The fraction of sp³-hybridized carbons (Fsp3) is 0.550. The average molecular weight is 341 g/mol. The Bertz CT molecular complexity index is 705. The summed E-state index contributed by atoms with van der Waals surface area (Å²) in [4.78, 5) is 31.7. The number of benzodiazepines with no additional fused rings is 1. The van der Waals surface area contributed by atoms with E-state index in [0.29, 0.717) is 6.42 Å². The van der Waals surface area contributed by atoms with Gasteiger partial charge in [-0.1, -0.05) is 44.4 Å². The molecule has 1 fully saturated rings. The smallest absolute Gasteiger partial charge is 0.266 e. The second kappa shape index (κ2) is 7.48. The Hall–Kier alpha value is -2.01. The molecular formula is C20H27N3O2. The van der Waals surface area contributed by atoms with Crippen LogP contribution in [0.15, 0.2) is 23.2 Å². The normalized spacial score (nSPS) is 21.6. The van der Waals surface area contributed by atoms with Crippen LogP contribution in [0.5, 0.6) is 0 Å². The van der Waals surface area contributed by atoms with E-state index < -0.39 is 6.17 Å². The quantitative estimate of drug-likeness (QED) is 0.915. The molecule has 1 aliphatic heterocycles. The van der Waals surface area contributed by atoms with Crippen molar-refractivity contribution in [1.29, 1.82) is 0 Å². The summed E-state index contributed by atoms with van der Waals surface area (Å²) >= 11 is 0. The number of nitrogens with two attached hydrogens (primary N) is 1. The van der Waals surface area contributed by atoms with Gasteiger partial charge < -0.3 is 10.6 Å². The molecule has 5 nitrogen and oxygen atoms in total. The Morgan fingerprint density at radius 3 is 2.68 bits per heavy atom. The van der Waals surface area contributed by atoms with Crippen LogP contribution in [0.1, 0.15) is 56.6 Å². The Labute approximate surface area is 149 Å². The maximum atomic E-state index is 12.9. The monoisotopic (exact) mass is 341 g/mol. The van der Waals surface area contributed by atoms with Crippen LogP contribution in [0, 0.1) is 12.8 Å². The van der Waals surface area contributed by atoms with Crippen LogP contribution >= 0.6 is 0 Å². The molecule has 2 aliphatic rings. The second-order valence-electron chi connectivity index (χ2n) is 7.07. The molecule has 25 heavy (non-hydrogen) atoms. The predicted molar refractivity (Wildman–Crippen MR) is 99.9 cm³/mol. The first kappa shape index (κ1) is 17.8. The maximum absolute atomic E-state index is 12.9. The molecule has 1 aromatic rings. The molecule has 1 amide bonds. The van der Waals surface area contributed by atoms with E-state index >= 15 is 0 Å². The van der Waals surface area contributed by atoms with E-state index in [2.05, 4.69) is 4.99 Å². The summed E-state index contributed by atoms with van der Waals surface area (Å²) in [5, 5.41) is 0. The third-order valence-electron chi connectivity index (χ3n) is 5.34. The zero-order valence-corrected chi connectivity index (χ0v) is 15.1. The number of carbonyl (C=O) groups excluding carboxylic acids is 2. The largest absolute Gasteiger partial charge is 0.302 e. The Morgan fingerprint density at radius 2 is 2.00 bits per heavy atom. The van der Waals surface area contributed by atoms with Gasteiger partial charge in [0.15, 0.2) is 11.9 Å². The third kappa shape index (κ3) is 3.52. The number of aryl methyl sites for hydroxylation is 1. The number of Topliss-reactive ketones (excluding diaryl/α,β-unsaturated/α-hetero) is 1. The molecule has 3 rings (SSSR count). The average Bonchev–Trinajstić information content (AvgIpc) is 2.73. The van der Waals surface area contributed by atoms with Gasteiger partial charge >= 0.3 is 0 Å². The molecule has 1 atom stereocenters. The number of nitrogens with zero attached hydrogens (tertiary/aromatic N) is 2. The van der Waals surface area contributed by atoms with Crippen LogP contribution in [0.3, 0.4) is 0 Å². The first-order valence-corrected chi connectivity index (χ1v) is 9.29. The van der Waals surface area contributed by atoms with Crippen LogP contribution in [0.4, 0.5) is 5.69 Å². The molecule has 0 radical (unpaired) electrons. The number of ketones is 1. The number of rotatable bonds is 4. The highest BCUT2D eigenvalue weighted by Gasteiger charge is 2.33. The fourth-order valence-corrected chi connectivity index (χ4v) is 3.96. The topological polar surface area (TPSA) is 75.8 Å². The van der Waals surface area contributed by atoms with Crippen molar-refractivity contribution < 1.29 is 9.59 Å². The standard InChI is InChI=1S/C20H27N3O2/c1-3-16-15-11-7-8-13(2)18(15)23(20(25)19(21)22-16)12-17(24)14-9-5-4-6-10-14/h7-8,11,14,19H,3-6,9-10,12,21H2,1-2H3/t19-/m1/s1. The molecule has 0 saturated heterocycles. The predicted octanol–water partition coefficient (Wildman–Crippen LogP) is 2.97. The van der Waals surface area contributed by atoms with Gasteiger partial charge in [-0.15, -0.1) is 0 Å². The number of hydrogen-bond acceptors (Lipinski definition) is 4. The van der Waals surface area contributed by atoms with Crippen molar-refractivity contribution in [2.24, 2.45) is 16.6 Å². The number of carbonyl (C=O) groups is 2. The number of amides is 1. The number of anilines is 1. The van der Waals surface area contributed by atoms with E-state index in [9.17, 15) is 9.59 Å². The van der Waals surface area contributed by atoms with Gasteiger partial charge in [-0.25, -0.2) is 0 Å². The highest BCUT2D eigenvalue weighted by atomic mass is 16.2. The molecule has 2 N–H and O–H groups in total. The first-order valence-electron chi connectivity index (χ1n) is 9.29. The molecule has 0 spiro atoms. The van der Waals surface area contributed by atoms with E-state index in [1.807, 2.05) is 32.0 Å². The van der Waals surface area contributed by atoms with E-state index in [1.54, 1.807) is 4.90 Å². The van der Waals surface area contributed by atoms with Crippen LogP contribution in [0.25, 0.3) is 0 Å². The number of para-hydroxylation sites is 1. The number of benzene rings is 1. The fourth-order valence-electron chi connectivity index (χ4n) is 3.96. The Balaban J connectivity index is 1.97. The molecule has 0 aromatic heterocycles. The molecular weight excluding hydrogens is 314 g/mol. The number of hydrogen-bond donors (Lipinski definition) is 1. The zero-order chi connectivity index (χ0) is 18.0. The molecule has 1 aliphatic carbocycles. The summed E-state index contributed by atoms with van der Waals surface area (Å²) in [5.74, 6) is -0.0716. The lowest BCUT2D eigenvalue weighted by Crippen LogP contribution is -2.46. The van der Waals surface area contributed by atoms with Gasteiger partial charge in [-0.2, -0.15) is 0 Å². The van der Waals surface area contributed by atoms with Gasteiger partial charge in [-0.05, 0) is 31.7 Å². The van der Waals surface area contributed by atoms with Gasteiger partial charge in [-0.3, -0.25) is 14.6 Å². The summed E-state index contributed by atoms with van der Waals surface area (Å²) < 4.78 is 0. The molecule has 1 saturated carbocycles. The van der Waals surface area contributed by atoms with Crippen molar-refractivity contribution in [3.05, 3.63) is 29.3 Å². The van der Waals surface area contributed by atoms with E-state index in [0.717, 1.165) is 48.2 Å². The summed E-state index contributed by atoms with van der Waals surface area (Å²) in [7, 11) is 0. The Kier molecular flexibility index (Phi) is 5.33. The summed E-state index contributed by atoms with van der Waals surface area (Å²) in [6, 6.07) is 5.89. The minimum Gasteiger partial charge on any atom is -0.302 e. The van der Waals surface area contributed by atoms with Crippen LogP contribution in [0.2, 0.25) is 0 Å². The van der Waals surface area contributed by atoms with Gasteiger partial charge in [0.1, 0.15) is 0 Å². The highest BCUT2D eigenvalue weighted by Crippen LogP contribution is 2.31. The molecule has 5 heteroatoms. The van der Waals surface area contributed by atoms with Crippen molar-refractivity contribution in [2.75, 3.05) is 11.4 Å². The summed E-state index contributed by atoms with van der Waals surface area (Å²) in [6.07, 6.45) is 5.02. The van der Waals surface area contributed by atoms with Crippen LogP contribution < -0.4 is 10.6 Å². The number of fused-ring (bicyclic) bond motifs is 1. The Morgan fingerprint density at radius 1 is 1.28 bits per heavy atom. The van der Waals surface area contributed by atoms with Gasteiger partial charge in [0.2, 0.25) is 0 Å². The number of aliphatic imine (C=N–C) groups is 1. The van der Waals surface area contributed by atoms with E-state index in [4.69, 9.17) is 5.73 Å². The second-order valence-corrected chi connectivity index (χ2v) is 7.07. The highest BCUT2D eigenvalue weighted by molar-refractivity contribution is 6.14. The van der Waals surface area contributed by atoms with Crippen LogP contribution in [-0.2, 0) is 9.59 Å². The molecule has 0 bridgehead atoms. The molecule has 0 unspecified atom stereocenters.